The molecule has 0 aliphatic heterocycles. The molecule has 1 rings (SSSR count). The van der Waals surface area contributed by atoms with E-state index in [1.54, 1.807) is 6.92 Å². The third-order valence-corrected chi connectivity index (χ3v) is 2.46. The van der Waals surface area contributed by atoms with E-state index in [0.29, 0.717) is 6.42 Å². The summed E-state index contributed by atoms with van der Waals surface area (Å²) in [5, 5.41) is 0. The number of carbonyl (C=O) groups excluding carboxylic acids is 1. The number of benzene rings is 1. The first-order chi connectivity index (χ1) is 7.24. The summed E-state index contributed by atoms with van der Waals surface area (Å²) >= 11 is 0. The van der Waals surface area contributed by atoms with Crippen LogP contribution in [0.4, 0.5) is 5.69 Å². The first-order valence-electron chi connectivity index (χ1n) is 5.53. The summed E-state index contributed by atoms with van der Waals surface area (Å²) in [5.41, 5.74) is 1.24. The number of carbonyl (C=O) groups is 1. The smallest absolute Gasteiger partial charge is 0.129 e. The standard InChI is InChI=1S/C13H19NO/c1-3-14(11-7-8-12(2)15)13-9-5-4-6-10-13/h4-6,9-10H,3,7-8,11H2,1-2H3. The molecule has 0 saturated heterocycles. The van der Waals surface area contributed by atoms with Gasteiger partial charge in [0.25, 0.3) is 0 Å². The van der Waals surface area contributed by atoms with Crippen LogP contribution in [0.2, 0.25) is 0 Å². The normalized spacial score (nSPS) is 10.0. The van der Waals surface area contributed by atoms with Crippen molar-refractivity contribution in [3.05, 3.63) is 30.3 Å². The number of para-hydroxylation sites is 1. The van der Waals surface area contributed by atoms with Gasteiger partial charge in [-0.25, -0.2) is 0 Å². The second-order valence-corrected chi connectivity index (χ2v) is 3.72. The minimum Gasteiger partial charge on any atom is -0.372 e. The van der Waals surface area contributed by atoms with Crippen molar-refractivity contribution >= 4 is 11.5 Å². The molecule has 0 N–H and O–H groups in total. The highest BCUT2D eigenvalue weighted by atomic mass is 16.1. The van der Waals surface area contributed by atoms with E-state index in [9.17, 15) is 4.79 Å². The van der Waals surface area contributed by atoms with Crippen LogP contribution < -0.4 is 4.90 Å². The van der Waals surface area contributed by atoms with Crippen molar-refractivity contribution in [2.24, 2.45) is 0 Å². The molecule has 0 aromatic heterocycles. The van der Waals surface area contributed by atoms with E-state index in [2.05, 4.69) is 24.0 Å². The predicted molar refractivity (Wildman–Crippen MR) is 64.2 cm³/mol. The van der Waals surface area contributed by atoms with Crippen molar-refractivity contribution in [2.75, 3.05) is 18.0 Å². The molecule has 0 atom stereocenters. The Bertz CT molecular complexity index is 295. The number of anilines is 1. The van der Waals surface area contributed by atoms with Crippen molar-refractivity contribution in [1.29, 1.82) is 0 Å². The summed E-state index contributed by atoms with van der Waals surface area (Å²) < 4.78 is 0. The van der Waals surface area contributed by atoms with Gasteiger partial charge in [-0.1, -0.05) is 18.2 Å². The summed E-state index contributed by atoms with van der Waals surface area (Å²) in [7, 11) is 0. The molecule has 1 aromatic rings. The minimum absolute atomic E-state index is 0.277. The maximum atomic E-state index is 10.8. The zero-order chi connectivity index (χ0) is 11.1. The zero-order valence-corrected chi connectivity index (χ0v) is 9.57. The molecule has 82 valence electrons. The highest BCUT2D eigenvalue weighted by Gasteiger charge is 2.03. The molecule has 0 bridgehead atoms. The molecule has 0 fully saturated rings. The first-order valence-corrected chi connectivity index (χ1v) is 5.53. The van der Waals surface area contributed by atoms with Gasteiger partial charge in [0.05, 0.1) is 0 Å². The minimum atomic E-state index is 0.277. The van der Waals surface area contributed by atoms with Gasteiger partial charge in [0.15, 0.2) is 0 Å². The van der Waals surface area contributed by atoms with Gasteiger partial charge in [-0.2, -0.15) is 0 Å². The van der Waals surface area contributed by atoms with Crippen LogP contribution in [-0.4, -0.2) is 18.9 Å². The lowest BCUT2D eigenvalue weighted by molar-refractivity contribution is -0.117. The van der Waals surface area contributed by atoms with Gasteiger partial charge in [-0.05, 0) is 32.4 Å². The second kappa shape index (κ2) is 6.23. The van der Waals surface area contributed by atoms with E-state index in [1.165, 1.54) is 5.69 Å². The molecule has 15 heavy (non-hydrogen) atoms. The van der Waals surface area contributed by atoms with Gasteiger partial charge in [-0.15, -0.1) is 0 Å². The average molecular weight is 205 g/mol. The highest BCUT2D eigenvalue weighted by molar-refractivity contribution is 5.75. The Morgan fingerprint density at radius 3 is 2.47 bits per heavy atom. The Hall–Kier alpha value is -1.31. The number of nitrogens with zero attached hydrogens (tertiary/aromatic N) is 1. The van der Waals surface area contributed by atoms with Crippen LogP contribution in [-0.2, 0) is 4.79 Å². The fourth-order valence-electron chi connectivity index (χ4n) is 1.63. The number of Topliss-reactive ketones (excluding diaryl/α,β-unsaturated/α-hetero) is 1. The van der Waals surface area contributed by atoms with Crippen molar-refractivity contribution in [2.45, 2.75) is 26.7 Å². The lowest BCUT2D eigenvalue weighted by Gasteiger charge is -2.22. The monoisotopic (exact) mass is 205 g/mol. The molecular weight excluding hydrogens is 186 g/mol. The van der Waals surface area contributed by atoms with Gasteiger partial charge in [-0.3, -0.25) is 0 Å². The highest BCUT2D eigenvalue weighted by Crippen LogP contribution is 2.13. The number of rotatable bonds is 6. The molecule has 1 aromatic carbocycles. The Kier molecular flexibility index (Phi) is 4.88. The molecule has 0 amide bonds. The van der Waals surface area contributed by atoms with Gasteiger partial charge in [0, 0.05) is 25.2 Å². The van der Waals surface area contributed by atoms with E-state index in [0.717, 1.165) is 19.5 Å². The molecule has 0 aliphatic rings. The van der Waals surface area contributed by atoms with Gasteiger partial charge < -0.3 is 9.69 Å². The van der Waals surface area contributed by atoms with Crippen molar-refractivity contribution < 1.29 is 4.79 Å². The van der Waals surface area contributed by atoms with E-state index in [1.807, 2.05) is 18.2 Å². The molecule has 0 saturated carbocycles. The van der Waals surface area contributed by atoms with Crippen LogP contribution in [0.1, 0.15) is 26.7 Å². The van der Waals surface area contributed by atoms with Crippen molar-refractivity contribution in [3.63, 3.8) is 0 Å². The second-order valence-electron chi connectivity index (χ2n) is 3.72. The molecule has 0 radical (unpaired) electrons. The number of hydrogen-bond acceptors (Lipinski definition) is 2. The van der Waals surface area contributed by atoms with E-state index in [-0.39, 0.29) is 5.78 Å². The van der Waals surface area contributed by atoms with Gasteiger partial charge >= 0.3 is 0 Å². The van der Waals surface area contributed by atoms with Crippen LogP contribution >= 0.6 is 0 Å². The maximum absolute atomic E-state index is 10.8. The molecule has 0 aliphatic carbocycles. The fraction of sp³-hybridized carbons (Fsp3) is 0.462. The molecular formula is C13H19NO. The summed E-state index contributed by atoms with van der Waals surface area (Å²) in [6, 6.07) is 10.3. The molecule has 0 heterocycles. The molecule has 2 nitrogen and oxygen atoms in total. The Labute approximate surface area is 91.9 Å². The van der Waals surface area contributed by atoms with Crippen LogP contribution in [0.25, 0.3) is 0 Å². The SMILES string of the molecule is CCN(CCCC(C)=O)c1ccccc1. The quantitative estimate of drug-likeness (QED) is 0.711. The number of ketones is 1. The first kappa shape index (κ1) is 11.8. The average Bonchev–Trinajstić information content (AvgIpc) is 2.25. The topological polar surface area (TPSA) is 20.3 Å². The predicted octanol–water partition coefficient (Wildman–Crippen LogP) is 2.88. The lowest BCUT2D eigenvalue weighted by Crippen LogP contribution is -2.24. The summed E-state index contributed by atoms with van der Waals surface area (Å²) in [6.45, 7) is 5.74. The van der Waals surface area contributed by atoms with Crippen molar-refractivity contribution in [1.82, 2.24) is 0 Å². The Morgan fingerprint density at radius 1 is 1.27 bits per heavy atom. The van der Waals surface area contributed by atoms with E-state index >= 15 is 0 Å². The van der Waals surface area contributed by atoms with Crippen molar-refractivity contribution in [3.8, 4) is 0 Å². The van der Waals surface area contributed by atoms with Gasteiger partial charge in [0.1, 0.15) is 5.78 Å². The summed E-state index contributed by atoms with van der Waals surface area (Å²) in [4.78, 5) is 13.1. The number of hydrogen-bond donors (Lipinski definition) is 0. The molecule has 0 unspecified atom stereocenters. The van der Waals surface area contributed by atoms with Crippen LogP contribution in [0.15, 0.2) is 30.3 Å². The maximum Gasteiger partial charge on any atom is 0.129 e. The van der Waals surface area contributed by atoms with E-state index in [4.69, 9.17) is 0 Å². The van der Waals surface area contributed by atoms with Crippen LogP contribution in [0, 0.1) is 0 Å². The third kappa shape index (κ3) is 4.15. The lowest BCUT2D eigenvalue weighted by atomic mass is 10.2. The van der Waals surface area contributed by atoms with Crippen LogP contribution in [0.3, 0.4) is 0 Å². The molecule has 0 spiro atoms. The Balaban J connectivity index is 2.46. The van der Waals surface area contributed by atoms with Gasteiger partial charge in [0.2, 0.25) is 0 Å². The third-order valence-electron chi connectivity index (χ3n) is 2.46. The summed E-state index contributed by atoms with van der Waals surface area (Å²) in [6.07, 6.45) is 1.63. The van der Waals surface area contributed by atoms with E-state index < -0.39 is 0 Å². The summed E-state index contributed by atoms with van der Waals surface area (Å²) in [5.74, 6) is 0.277. The largest absolute Gasteiger partial charge is 0.372 e. The Morgan fingerprint density at radius 2 is 1.93 bits per heavy atom. The fourth-order valence-corrected chi connectivity index (χ4v) is 1.63. The molecule has 2 heteroatoms. The zero-order valence-electron chi connectivity index (χ0n) is 9.57. The van der Waals surface area contributed by atoms with Crippen LogP contribution in [0.5, 0.6) is 0 Å².